The van der Waals surface area contributed by atoms with Crippen LogP contribution in [0.5, 0.6) is 0 Å². The SMILES string of the molecule is CC/C=C\C/C=C\C/C=C\C/C=C\CCCCCCCCC(=O)OCC(COC(=O)CCCCCCC/C=C\C/C=C\CCC)OC(=O)CCCCCCCCCCC/C=C\C/C=C\CCCCC. The lowest BCUT2D eigenvalue weighted by molar-refractivity contribution is -0.167. The van der Waals surface area contributed by atoms with E-state index >= 15 is 0 Å². The Bertz CT molecular complexity index is 1380. The summed E-state index contributed by atoms with van der Waals surface area (Å²) in [5.74, 6) is -0.920. The molecule has 394 valence electrons. The minimum Gasteiger partial charge on any atom is -0.462 e. The number of esters is 3. The molecule has 0 aromatic carbocycles. The zero-order valence-electron chi connectivity index (χ0n) is 45.0. The molecule has 0 rings (SSSR count). The number of carbonyl (C=O) groups excluding carboxylic acids is 3. The summed E-state index contributed by atoms with van der Waals surface area (Å²) >= 11 is 0. The lowest BCUT2D eigenvalue weighted by Gasteiger charge is -2.18. The summed E-state index contributed by atoms with van der Waals surface area (Å²) in [6.45, 7) is 6.42. The highest BCUT2D eigenvalue weighted by molar-refractivity contribution is 5.71. The number of hydrogen-bond donors (Lipinski definition) is 0. The summed E-state index contributed by atoms with van der Waals surface area (Å²) in [5.41, 5.74) is 0. The summed E-state index contributed by atoms with van der Waals surface area (Å²) in [6.07, 6.45) is 75.3. The molecule has 6 heteroatoms. The van der Waals surface area contributed by atoms with Gasteiger partial charge in [-0.1, -0.05) is 227 Å². The van der Waals surface area contributed by atoms with Crippen molar-refractivity contribution in [2.45, 2.75) is 271 Å². The average Bonchev–Trinajstić information content (AvgIpc) is 3.35. The van der Waals surface area contributed by atoms with Crippen molar-refractivity contribution in [1.82, 2.24) is 0 Å². The lowest BCUT2D eigenvalue weighted by atomic mass is 10.1. The van der Waals surface area contributed by atoms with E-state index in [4.69, 9.17) is 14.2 Å². The number of carbonyl (C=O) groups is 3. The molecule has 1 unspecified atom stereocenters. The van der Waals surface area contributed by atoms with Crippen molar-refractivity contribution in [1.29, 1.82) is 0 Å². The zero-order valence-corrected chi connectivity index (χ0v) is 45.0. The van der Waals surface area contributed by atoms with Gasteiger partial charge >= 0.3 is 17.9 Å². The first kappa shape index (κ1) is 65.3. The van der Waals surface area contributed by atoms with Gasteiger partial charge in [0, 0.05) is 19.3 Å². The first-order chi connectivity index (χ1) is 34.0. The molecule has 0 heterocycles. The highest BCUT2D eigenvalue weighted by Crippen LogP contribution is 2.15. The molecule has 0 aliphatic rings. The maximum Gasteiger partial charge on any atom is 0.306 e. The molecule has 0 amide bonds. The van der Waals surface area contributed by atoms with Crippen molar-refractivity contribution >= 4 is 17.9 Å². The second-order valence-electron chi connectivity index (χ2n) is 18.8. The largest absolute Gasteiger partial charge is 0.462 e. The van der Waals surface area contributed by atoms with Gasteiger partial charge in [-0.05, 0) is 116 Å². The normalized spacial score (nSPS) is 12.8. The van der Waals surface area contributed by atoms with Crippen LogP contribution in [0.3, 0.4) is 0 Å². The van der Waals surface area contributed by atoms with Crippen LogP contribution in [0.2, 0.25) is 0 Å². The number of unbranched alkanes of at least 4 members (excludes halogenated alkanes) is 24. The van der Waals surface area contributed by atoms with Gasteiger partial charge in [-0.25, -0.2) is 0 Å². The zero-order chi connectivity index (χ0) is 50.0. The summed E-state index contributed by atoms with van der Waals surface area (Å²) in [7, 11) is 0. The number of allylic oxidation sites excluding steroid dienone is 16. The number of hydrogen-bond acceptors (Lipinski definition) is 6. The van der Waals surface area contributed by atoms with Crippen LogP contribution in [-0.4, -0.2) is 37.2 Å². The van der Waals surface area contributed by atoms with Crippen LogP contribution in [0.1, 0.15) is 265 Å². The fraction of sp³-hybridized carbons (Fsp3) is 0.698. The highest BCUT2D eigenvalue weighted by Gasteiger charge is 2.19. The quantitative estimate of drug-likeness (QED) is 0.0262. The molecule has 0 aromatic rings. The molecule has 0 fully saturated rings. The molecule has 0 aliphatic carbocycles. The van der Waals surface area contributed by atoms with Gasteiger partial charge in [0.15, 0.2) is 6.10 Å². The van der Waals surface area contributed by atoms with E-state index < -0.39 is 6.10 Å². The fourth-order valence-electron chi connectivity index (χ4n) is 7.74. The second kappa shape index (κ2) is 56.9. The number of ether oxygens (including phenoxy) is 3. The van der Waals surface area contributed by atoms with Gasteiger partial charge in [0.05, 0.1) is 0 Å². The van der Waals surface area contributed by atoms with Gasteiger partial charge in [0.1, 0.15) is 13.2 Å². The molecule has 0 bridgehead atoms. The Kier molecular flexibility index (Phi) is 53.9. The van der Waals surface area contributed by atoms with E-state index in [9.17, 15) is 14.4 Å². The van der Waals surface area contributed by atoms with Crippen LogP contribution >= 0.6 is 0 Å². The van der Waals surface area contributed by atoms with Gasteiger partial charge in [0.25, 0.3) is 0 Å². The van der Waals surface area contributed by atoms with Crippen molar-refractivity contribution in [3.63, 3.8) is 0 Å². The Morgan fingerprint density at radius 3 is 0.942 bits per heavy atom. The monoisotopic (exact) mass is 959 g/mol. The van der Waals surface area contributed by atoms with Gasteiger partial charge in [0.2, 0.25) is 0 Å². The Hall–Kier alpha value is -3.67. The molecule has 0 saturated carbocycles. The Balaban J connectivity index is 4.42. The molecule has 0 saturated heterocycles. The van der Waals surface area contributed by atoms with Crippen LogP contribution < -0.4 is 0 Å². The average molecular weight is 960 g/mol. The molecule has 0 radical (unpaired) electrons. The van der Waals surface area contributed by atoms with Crippen LogP contribution in [0.25, 0.3) is 0 Å². The second-order valence-corrected chi connectivity index (χ2v) is 18.8. The van der Waals surface area contributed by atoms with Gasteiger partial charge in [-0.2, -0.15) is 0 Å². The standard InChI is InChI=1S/C63H106O6/c1-4-7-10-13-16-19-22-25-27-29-31-33-35-38-41-44-47-50-53-56-62(65)68-59-60(58-67-61(64)55-52-49-46-43-40-37-24-21-18-15-12-9-6-3)69-63(66)57-54-51-48-45-42-39-36-34-32-30-28-26-23-20-17-14-11-8-5-2/h7,10,12,15-17,19-21,24-28,31,33,60H,4-6,8-9,11,13-14,18,22-23,29-30,32,34-59H2,1-3H3/b10-7-,15-12-,19-16-,20-17-,24-21-,27-25-,28-26-,33-31-. The molecule has 0 N–H and O–H groups in total. The maximum atomic E-state index is 12.9. The smallest absolute Gasteiger partial charge is 0.306 e. The van der Waals surface area contributed by atoms with Crippen molar-refractivity contribution in [3.05, 3.63) is 97.2 Å². The van der Waals surface area contributed by atoms with Crippen molar-refractivity contribution in [2.75, 3.05) is 13.2 Å². The fourth-order valence-corrected chi connectivity index (χ4v) is 7.74. The molecule has 6 nitrogen and oxygen atoms in total. The summed E-state index contributed by atoms with van der Waals surface area (Å²) in [5, 5.41) is 0. The first-order valence-electron chi connectivity index (χ1n) is 28.7. The van der Waals surface area contributed by atoms with Gasteiger partial charge in [-0.15, -0.1) is 0 Å². The van der Waals surface area contributed by atoms with Crippen molar-refractivity contribution in [3.8, 4) is 0 Å². The Morgan fingerprint density at radius 1 is 0.304 bits per heavy atom. The number of rotatable bonds is 51. The predicted molar refractivity (Wildman–Crippen MR) is 297 cm³/mol. The van der Waals surface area contributed by atoms with Crippen LogP contribution in [-0.2, 0) is 28.6 Å². The predicted octanol–water partition coefficient (Wildman–Crippen LogP) is 19.3. The maximum absolute atomic E-state index is 12.9. The van der Waals surface area contributed by atoms with Gasteiger partial charge in [-0.3, -0.25) is 14.4 Å². The minimum atomic E-state index is -0.793. The van der Waals surface area contributed by atoms with Gasteiger partial charge < -0.3 is 14.2 Å². The van der Waals surface area contributed by atoms with Crippen molar-refractivity contribution in [2.24, 2.45) is 0 Å². The highest BCUT2D eigenvalue weighted by atomic mass is 16.6. The summed E-state index contributed by atoms with van der Waals surface area (Å²) in [6, 6.07) is 0. The molecule has 69 heavy (non-hydrogen) atoms. The van der Waals surface area contributed by atoms with E-state index in [0.717, 1.165) is 135 Å². The van der Waals surface area contributed by atoms with Crippen LogP contribution in [0, 0.1) is 0 Å². The van der Waals surface area contributed by atoms with E-state index in [2.05, 4.69) is 118 Å². The third-order valence-corrected chi connectivity index (χ3v) is 12.0. The first-order valence-corrected chi connectivity index (χ1v) is 28.7. The van der Waals surface area contributed by atoms with E-state index in [0.29, 0.717) is 19.3 Å². The third kappa shape index (κ3) is 55.1. The van der Waals surface area contributed by atoms with E-state index in [1.54, 1.807) is 0 Å². The topological polar surface area (TPSA) is 78.9 Å². The van der Waals surface area contributed by atoms with Crippen LogP contribution in [0.4, 0.5) is 0 Å². The Labute approximate surface area is 426 Å². The third-order valence-electron chi connectivity index (χ3n) is 12.0. The molecule has 0 aliphatic heterocycles. The minimum absolute atomic E-state index is 0.0917. The molecule has 0 spiro atoms. The lowest BCUT2D eigenvalue weighted by Crippen LogP contribution is -2.30. The van der Waals surface area contributed by atoms with Crippen LogP contribution in [0.15, 0.2) is 97.2 Å². The summed E-state index contributed by atoms with van der Waals surface area (Å²) in [4.78, 5) is 38.2. The molecular formula is C63H106O6. The Morgan fingerprint density at radius 2 is 0.594 bits per heavy atom. The van der Waals surface area contributed by atoms with E-state index in [-0.39, 0.29) is 31.1 Å². The van der Waals surface area contributed by atoms with Crippen molar-refractivity contribution < 1.29 is 28.6 Å². The summed E-state index contributed by atoms with van der Waals surface area (Å²) < 4.78 is 16.8. The van der Waals surface area contributed by atoms with E-state index in [1.165, 1.54) is 89.9 Å². The van der Waals surface area contributed by atoms with E-state index in [1.807, 2.05) is 0 Å². The molecular weight excluding hydrogens is 853 g/mol. The molecule has 1 atom stereocenters. The molecule has 0 aromatic heterocycles.